The van der Waals surface area contributed by atoms with Gasteiger partial charge in [0, 0.05) is 26.1 Å². The van der Waals surface area contributed by atoms with Crippen molar-refractivity contribution in [2.75, 3.05) is 0 Å². The Balaban J connectivity index is 2.05. The number of hydrogen-bond donors (Lipinski definition) is 1. The molecule has 1 N–H and O–H groups in total. The Kier molecular flexibility index (Phi) is 2.42. The highest BCUT2D eigenvalue weighted by molar-refractivity contribution is 9.10. The van der Waals surface area contributed by atoms with Gasteiger partial charge in [-0.25, -0.2) is 0 Å². The molecular weight excluding hydrogens is 334 g/mol. The van der Waals surface area contributed by atoms with Crippen LogP contribution in [0, 0.1) is 0 Å². The van der Waals surface area contributed by atoms with E-state index < -0.39 is 0 Å². The van der Waals surface area contributed by atoms with Gasteiger partial charge in [-0.3, -0.25) is 0 Å². The summed E-state index contributed by atoms with van der Waals surface area (Å²) in [7, 11) is 0. The molecule has 22 heavy (non-hydrogen) atoms. The second kappa shape index (κ2) is 4.34. The Bertz CT molecular complexity index is 1180. The van der Waals surface area contributed by atoms with Crippen molar-refractivity contribution in [2.24, 2.45) is 0 Å². The number of fused-ring (bicyclic) bond motifs is 7. The van der Waals surface area contributed by atoms with E-state index in [4.69, 9.17) is 0 Å². The molecule has 1 heterocycles. The molecule has 4 aromatic carbocycles. The normalized spacial score (nSPS) is 11.9. The van der Waals surface area contributed by atoms with Gasteiger partial charge in [0.2, 0.25) is 0 Å². The van der Waals surface area contributed by atoms with Gasteiger partial charge in [0.25, 0.3) is 0 Å². The van der Waals surface area contributed by atoms with E-state index in [0.717, 1.165) is 4.47 Å². The van der Waals surface area contributed by atoms with Gasteiger partial charge in [-0.15, -0.1) is 0 Å². The van der Waals surface area contributed by atoms with Crippen molar-refractivity contribution in [1.82, 2.24) is 4.98 Å². The lowest BCUT2D eigenvalue weighted by molar-refractivity contribution is 1.56. The topological polar surface area (TPSA) is 15.8 Å². The third-order valence-corrected chi connectivity index (χ3v) is 5.17. The Hall–Kier alpha value is -2.32. The predicted octanol–water partition coefficient (Wildman–Crippen LogP) is 6.39. The van der Waals surface area contributed by atoms with Gasteiger partial charge in [0.15, 0.2) is 0 Å². The molecule has 0 radical (unpaired) electrons. The van der Waals surface area contributed by atoms with Crippen LogP contribution >= 0.6 is 15.9 Å². The van der Waals surface area contributed by atoms with Crippen LogP contribution in [0.25, 0.3) is 43.4 Å². The highest BCUT2D eigenvalue weighted by Gasteiger charge is 2.09. The van der Waals surface area contributed by atoms with E-state index >= 15 is 0 Å². The standard InChI is InChI=1S/C20H12BrN/c21-18-6-3-5-12-13-8-10-17-15-4-1-2-7-19(15)22-20(17)16(13)11-9-14(12)18/h1-11,22H. The van der Waals surface area contributed by atoms with Crippen molar-refractivity contribution >= 4 is 59.3 Å². The molecule has 2 heteroatoms. The van der Waals surface area contributed by atoms with Crippen LogP contribution in [0.5, 0.6) is 0 Å². The minimum absolute atomic E-state index is 1.14. The maximum absolute atomic E-state index is 3.65. The smallest absolute Gasteiger partial charge is 0.0544 e. The van der Waals surface area contributed by atoms with E-state index in [1.54, 1.807) is 0 Å². The average molecular weight is 346 g/mol. The van der Waals surface area contributed by atoms with Crippen molar-refractivity contribution in [1.29, 1.82) is 0 Å². The molecule has 0 unspecified atom stereocenters. The molecule has 0 aliphatic rings. The van der Waals surface area contributed by atoms with E-state index in [1.807, 2.05) is 0 Å². The van der Waals surface area contributed by atoms with Crippen molar-refractivity contribution in [2.45, 2.75) is 0 Å². The number of nitrogens with one attached hydrogen (secondary N) is 1. The molecule has 104 valence electrons. The Morgan fingerprint density at radius 2 is 1.18 bits per heavy atom. The first kappa shape index (κ1) is 12.2. The number of aromatic nitrogens is 1. The summed E-state index contributed by atoms with van der Waals surface area (Å²) < 4.78 is 1.14. The molecule has 0 saturated heterocycles. The van der Waals surface area contributed by atoms with Crippen LogP contribution in [0.2, 0.25) is 0 Å². The molecule has 5 aromatic rings. The Labute approximate surface area is 135 Å². The fraction of sp³-hybridized carbons (Fsp3) is 0. The molecule has 0 atom stereocenters. The zero-order chi connectivity index (χ0) is 14.7. The fourth-order valence-corrected chi connectivity index (χ4v) is 3.95. The van der Waals surface area contributed by atoms with E-state index in [2.05, 4.69) is 87.6 Å². The monoisotopic (exact) mass is 345 g/mol. The van der Waals surface area contributed by atoms with Gasteiger partial charge in [-0.1, -0.05) is 70.5 Å². The van der Waals surface area contributed by atoms with Gasteiger partial charge in [-0.05, 0) is 28.3 Å². The van der Waals surface area contributed by atoms with Gasteiger partial charge in [0.05, 0.1) is 5.52 Å². The second-order valence-corrected chi connectivity index (χ2v) is 6.51. The van der Waals surface area contributed by atoms with Crippen molar-refractivity contribution in [3.63, 3.8) is 0 Å². The Morgan fingerprint density at radius 1 is 0.545 bits per heavy atom. The highest BCUT2D eigenvalue weighted by atomic mass is 79.9. The van der Waals surface area contributed by atoms with Gasteiger partial charge >= 0.3 is 0 Å². The number of halogens is 1. The quantitative estimate of drug-likeness (QED) is 0.313. The summed E-state index contributed by atoms with van der Waals surface area (Å²) in [6.45, 7) is 0. The third kappa shape index (κ3) is 1.53. The molecule has 0 bridgehead atoms. The summed E-state index contributed by atoms with van der Waals surface area (Å²) in [5.74, 6) is 0. The van der Waals surface area contributed by atoms with Gasteiger partial charge in [-0.2, -0.15) is 0 Å². The maximum atomic E-state index is 3.65. The first-order valence-corrected chi connectivity index (χ1v) is 8.12. The molecule has 1 nitrogen and oxygen atoms in total. The lowest BCUT2D eigenvalue weighted by Gasteiger charge is -2.06. The summed E-state index contributed by atoms with van der Waals surface area (Å²) in [4.78, 5) is 3.59. The van der Waals surface area contributed by atoms with Gasteiger partial charge < -0.3 is 4.98 Å². The molecule has 0 saturated carbocycles. The third-order valence-electron chi connectivity index (χ3n) is 4.48. The molecule has 1 aromatic heterocycles. The lowest BCUT2D eigenvalue weighted by Crippen LogP contribution is -1.80. The number of benzene rings is 4. The van der Waals surface area contributed by atoms with E-state index in [9.17, 15) is 0 Å². The SMILES string of the molecule is Brc1cccc2c1ccc1c2ccc2c3ccccc3[nH]c21. The summed E-state index contributed by atoms with van der Waals surface area (Å²) in [6.07, 6.45) is 0. The highest BCUT2D eigenvalue weighted by Crippen LogP contribution is 2.36. The summed E-state index contributed by atoms with van der Waals surface area (Å²) in [6, 6.07) is 23.8. The zero-order valence-corrected chi connectivity index (χ0v) is 13.3. The van der Waals surface area contributed by atoms with E-state index in [-0.39, 0.29) is 0 Å². The van der Waals surface area contributed by atoms with Crippen LogP contribution in [0.1, 0.15) is 0 Å². The van der Waals surface area contributed by atoms with Crippen LogP contribution in [0.15, 0.2) is 71.2 Å². The van der Waals surface area contributed by atoms with Crippen LogP contribution in [0.3, 0.4) is 0 Å². The van der Waals surface area contributed by atoms with Crippen molar-refractivity contribution < 1.29 is 0 Å². The van der Waals surface area contributed by atoms with E-state index in [0.29, 0.717) is 0 Å². The zero-order valence-electron chi connectivity index (χ0n) is 11.7. The fourth-order valence-electron chi connectivity index (χ4n) is 3.46. The van der Waals surface area contributed by atoms with Gasteiger partial charge in [0.1, 0.15) is 0 Å². The number of H-pyrrole nitrogens is 1. The number of rotatable bonds is 0. The van der Waals surface area contributed by atoms with Crippen LogP contribution < -0.4 is 0 Å². The molecule has 0 aliphatic heterocycles. The summed E-state index contributed by atoms with van der Waals surface area (Å²) in [5, 5.41) is 7.68. The first-order chi connectivity index (χ1) is 10.8. The summed E-state index contributed by atoms with van der Waals surface area (Å²) >= 11 is 3.65. The summed E-state index contributed by atoms with van der Waals surface area (Å²) in [5.41, 5.74) is 2.42. The number of para-hydroxylation sites is 1. The molecule has 5 rings (SSSR count). The maximum Gasteiger partial charge on any atom is 0.0544 e. The predicted molar refractivity (Wildman–Crippen MR) is 98.5 cm³/mol. The Morgan fingerprint density at radius 3 is 2.09 bits per heavy atom. The number of aromatic amines is 1. The molecule has 0 aliphatic carbocycles. The first-order valence-electron chi connectivity index (χ1n) is 7.33. The largest absolute Gasteiger partial charge is 0.354 e. The minimum atomic E-state index is 1.14. The second-order valence-electron chi connectivity index (χ2n) is 5.65. The molecule has 0 amide bonds. The van der Waals surface area contributed by atoms with Crippen LogP contribution in [-0.4, -0.2) is 4.98 Å². The van der Waals surface area contributed by atoms with Crippen LogP contribution in [-0.2, 0) is 0 Å². The number of hydrogen-bond acceptors (Lipinski definition) is 0. The van der Waals surface area contributed by atoms with Crippen molar-refractivity contribution in [3.05, 3.63) is 71.2 Å². The molecule has 0 spiro atoms. The van der Waals surface area contributed by atoms with E-state index in [1.165, 1.54) is 43.4 Å². The minimum Gasteiger partial charge on any atom is -0.354 e. The molecular formula is C20H12BrN. The average Bonchev–Trinajstić information content (AvgIpc) is 2.94. The van der Waals surface area contributed by atoms with Crippen LogP contribution in [0.4, 0.5) is 0 Å². The molecule has 0 fully saturated rings. The lowest BCUT2D eigenvalue weighted by atomic mass is 10.00. The van der Waals surface area contributed by atoms with Crippen molar-refractivity contribution in [3.8, 4) is 0 Å².